The highest BCUT2D eigenvalue weighted by Crippen LogP contribution is 2.24. The Hall–Kier alpha value is -3.80. The maximum absolute atomic E-state index is 12.3. The molecule has 0 N–H and O–H groups in total. The van der Waals surface area contributed by atoms with Crippen molar-refractivity contribution in [2.75, 3.05) is 7.11 Å². The third-order valence-electron chi connectivity index (χ3n) is 4.40. The summed E-state index contributed by atoms with van der Waals surface area (Å²) in [5, 5.41) is 12.4. The highest BCUT2D eigenvalue weighted by molar-refractivity contribution is 5.95. The number of methoxy groups -OCH3 is 1. The molecule has 3 aromatic carbocycles. The number of nitrogens with zero attached hydrogens (tertiary/aromatic N) is 4. The highest BCUT2D eigenvalue weighted by atomic mass is 16.5. The van der Waals surface area contributed by atoms with E-state index in [-0.39, 0.29) is 12.3 Å². The predicted octanol–water partition coefficient (Wildman–Crippen LogP) is 3.90. The number of tetrazole rings is 1. The lowest BCUT2D eigenvalue weighted by Crippen LogP contribution is -2.13. The first kappa shape index (κ1) is 17.6. The summed E-state index contributed by atoms with van der Waals surface area (Å²) >= 11 is 0. The second-order valence-electron chi connectivity index (χ2n) is 6.24. The summed E-state index contributed by atoms with van der Waals surface area (Å²) in [6.07, 6.45) is 0. The minimum atomic E-state index is -0.0561. The molecular formula is C22H18N4O2. The molecule has 4 aromatic rings. The van der Waals surface area contributed by atoms with Gasteiger partial charge in [-0.15, -0.1) is 10.2 Å². The monoisotopic (exact) mass is 370 g/mol. The van der Waals surface area contributed by atoms with Gasteiger partial charge in [-0.2, -0.15) is 4.80 Å². The van der Waals surface area contributed by atoms with Crippen molar-refractivity contribution in [3.05, 3.63) is 84.4 Å². The zero-order valence-electron chi connectivity index (χ0n) is 15.3. The molecule has 0 aliphatic carbocycles. The van der Waals surface area contributed by atoms with Gasteiger partial charge in [-0.25, -0.2) is 0 Å². The van der Waals surface area contributed by atoms with Crippen LogP contribution in [0.15, 0.2) is 78.9 Å². The molecule has 0 radical (unpaired) electrons. The number of carbonyl (C=O) groups is 1. The standard InChI is InChI=1S/C22H18N4O2/c1-28-20-13-11-17(12-14-20)16-7-9-19(10-8-16)22-23-25-26(24-22)15-21(27)18-5-3-2-4-6-18/h2-14H,15H2,1H3. The van der Waals surface area contributed by atoms with Crippen LogP contribution in [0.25, 0.3) is 22.5 Å². The van der Waals surface area contributed by atoms with Gasteiger partial charge in [0, 0.05) is 11.1 Å². The third kappa shape index (κ3) is 3.81. The number of carbonyl (C=O) groups excluding carboxylic acids is 1. The number of benzene rings is 3. The summed E-state index contributed by atoms with van der Waals surface area (Å²) in [5.41, 5.74) is 3.65. The van der Waals surface area contributed by atoms with Crippen molar-refractivity contribution in [3.63, 3.8) is 0 Å². The van der Waals surface area contributed by atoms with Crippen LogP contribution in [-0.2, 0) is 6.54 Å². The van der Waals surface area contributed by atoms with Crippen molar-refractivity contribution < 1.29 is 9.53 Å². The summed E-state index contributed by atoms with van der Waals surface area (Å²) in [4.78, 5) is 13.6. The minimum absolute atomic E-state index is 0.0561. The Labute approximate surface area is 162 Å². The van der Waals surface area contributed by atoms with E-state index in [2.05, 4.69) is 15.4 Å². The van der Waals surface area contributed by atoms with Gasteiger partial charge in [-0.05, 0) is 28.5 Å². The zero-order chi connectivity index (χ0) is 19.3. The molecule has 28 heavy (non-hydrogen) atoms. The topological polar surface area (TPSA) is 69.9 Å². The molecule has 0 fully saturated rings. The molecule has 6 heteroatoms. The average Bonchev–Trinajstić information content (AvgIpc) is 3.23. The van der Waals surface area contributed by atoms with Crippen molar-refractivity contribution in [2.45, 2.75) is 6.54 Å². The number of rotatable bonds is 6. The second kappa shape index (κ2) is 7.84. The molecule has 0 unspecified atom stereocenters. The van der Waals surface area contributed by atoms with E-state index in [0.717, 1.165) is 22.4 Å². The Bertz CT molecular complexity index is 1070. The molecule has 1 aromatic heterocycles. The third-order valence-corrected chi connectivity index (χ3v) is 4.40. The lowest BCUT2D eigenvalue weighted by atomic mass is 10.0. The fraction of sp³-hybridized carbons (Fsp3) is 0.0909. The fourth-order valence-corrected chi connectivity index (χ4v) is 2.86. The molecular weight excluding hydrogens is 352 g/mol. The Morgan fingerprint density at radius 1 is 0.857 bits per heavy atom. The Morgan fingerprint density at radius 3 is 2.11 bits per heavy atom. The van der Waals surface area contributed by atoms with Crippen LogP contribution >= 0.6 is 0 Å². The fourth-order valence-electron chi connectivity index (χ4n) is 2.86. The quantitative estimate of drug-likeness (QED) is 0.482. The van der Waals surface area contributed by atoms with Gasteiger partial charge < -0.3 is 4.74 Å². The summed E-state index contributed by atoms with van der Waals surface area (Å²) in [7, 11) is 1.65. The van der Waals surface area contributed by atoms with Crippen LogP contribution in [-0.4, -0.2) is 33.1 Å². The number of hydrogen-bond donors (Lipinski definition) is 0. The number of aromatic nitrogens is 4. The largest absolute Gasteiger partial charge is 0.497 e. The first-order chi connectivity index (χ1) is 13.7. The molecule has 0 aliphatic heterocycles. The molecule has 4 rings (SSSR count). The van der Waals surface area contributed by atoms with Crippen LogP contribution in [0.2, 0.25) is 0 Å². The Morgan fingerprint density at radius 2 is 1.46 bits per heavy atom. The van der Waals surface area contributed by atoms with Crippen LogP contribution in [0.5, 0.6) is 5.75 Å². The summed E-state index contributed by atoms with van der Waals surface area (Å²) < 4.78 is 5.19. The van der Waals surface area contributed by atoms with Crippen molar-refractivity contribution in [1.29, 1.82) is 0 Å². The van der Waals surface area contributed by atoms with Gasteiger partial charge in [-0.1, -0.05) is 66.7 Å². The maximum Gasteiger partial charge on any atom is 0.204 e. The molecule has 0 spiro atoms. The number of Topliss-reactive ketones (excluding diaryl/α,β-unsaturated/α-hetero) is 1. The highest BCUT2D eigenvalue weighted by Gasteiger charge is 2.11. The lowest BCUT2D eigenvalue weighted by Gasteiger charge is -2.04. The predicted molar refractivity (Wildman–Crippen MR) is 106 cm³/mol. The van der Waals surface area contributed by atoms with Crippen molar-refractivity contribution in [2.24, 2.45) is 0 Å². The van der Waals surface area contributed by atoms with E-state index < -0.39 is 0 Å². The minimum Gasteiger partial charge on any atom is -0.497 e. The van der Waals surface area contributed by atoms with E-state index >= 15 is 0 Å². The van der Waals surface area contributed by atoms with Crippen molar-refractivity contribution in [3.8, 4) is 28.3 Å². The first-order valence-corrected chi connectivity index (χ1v) is 8.84. The zero-order valence-corrected chi connectivity index (χ0v) is 15.3. The molecule has 6 nitrogen and oxygen atoms in total. The average molecular weight is 370 g/mol. The molecule has 0 aliphatic rings. The summed E-state index contributed by atoms with van der Waals surface area (Å²) in [5.74, 6) is 1.26. The van der Waals surface area contributed by atoms with Crippen LogP contribution < -0.4 is 4.74 Å². The van der Waals surface area contributed by atoms with Gasteiger partial charge in [0.05, 0.1) is 7.11 Å². The normalized spacial score (nSPS) is 10.6. The second-order valence-corrected chi connectivity index (χ2v) is 6.24. The molecule has 138 valence electrons. The first-order valence-electron chi connectivity index (χ1n) is 8.84. The molecule has 1 heterocycles. The molecule has 0 atom stereocenters. The smallest absolute Gasteiger partial charge is 0.204 e. The van der Waals surface area contributed by atoms with E-state index in [4.69, 9.17) is 4.74 Å². The van der Waals surface area contributed by atoms with Gasteiger partial charge in [0.15, 0.2) is 5.78 Å². The molecule has 0 saturated heterocycles. The maximum atomic E-state index is 12.3. The van der Waals surface area contributed by atoms with Crippen LogP contribution in [0, 0.1) is 0 Å². The van der Waals surface area contributed by atoms with Gasteiger partial charge >= 0.3 is 0 Å². The van der Waals surface area contributed by atoms with Gasteiger partial charge in [0.25, 0.3) is 0 Å². The van der Waals surface area contributed by atoms with E-state index in [1.165, 1.54) is 4.80 Å². The summed E-state index contributed by atoms with van der Waals surface area (Å²) in [6, 6.07) is 24.9. The summed E-state index contributed by atoms with van der Waals surface area (Å²) in [6.45, 7) is 0.0565. The van der Waals surface area contributed by atoms with Crippen LogP contribution in [0.4, 0.5) is 0 Å². The van der Waals surface area contributed by atoms with E-state index in [1.807, 2.05) is 66.7 Å². The van der Waals surface area contributed by atoms with Gasteiger partial charge in [-0.3, -0.25) is 4.79 Å². The lowest BCUT2D eigenvalue weighted by molar-refractivity contribution is 0.0961. The molecule has 0 amide bonds. The Kier molecular flexibility index (Phi) is 4.93. The number of hydrogen-bond acceptors (Lipinski definition) is 5. The SMILES string of the molecule is COc1ccc(-c2ccc(-c3nnn(CC(=O)c4ccccc4)n3)cc2)cc1. The van der Waals surface area contributed by atoms with E-state index in [9.17, 15) is 4.79 Å². The van der Waals surface area contributed by atoms with Crippen LogP contribution in [0.1, 0.15) is 10.4 Å². The van der Waals surface area contributed by atoms with E-state index in [0.29, 0.717) is 11.4 Å². The molecule has 0 saturated carbocycles. The van der Waals surface area contributed by atoms with Crippen molar-refractivity contribution >= 4 is 5.78 Å². The van der Waals surface area contributed by atoms with Crippen LogP contribution in [0.3, 0.4) is 0 Å². The van der Waals surface area contributed by atoms with E-state index in [1.54, 1.807) is 19.2 Å². The number of ether oxygens (including phenoxy) is 1. The van der Waals surface area contributed by atoms with Gasteiger partial charge in [0.1, 0.15) is 12.3 Å². The van der Waals surface area contributed by atoms with Crippen molar-refractivity contribution in [1.82, 2.24) is 20.2 Å². The number of ketones is 1. The van der Waals surface area contributed by atoms with Gasteiger partial charge in [0.2, 0.25) is 5.82 Å². The Balaban J connectivity index is 1.48. The molecule has 0 bridgehead atoms.